The Morgan fingerprint density at radius 1 is 1.09 bits per heavy atom. The van der Waals surface area contributed by atoms with Crippen LogP contribution in [0, 0.1) is 12.3 Å². The summed E-state index contributed by atoms with van der Waals surface area (Å²) >= 11 is 4.98. The van der Waals surface area contributed by atoms with E-state index in [2.05, 4.69) is 10.8 Å². The van der Waals surface area contributed by atoms with Gasteiger partial charge in [0.2, 0.25) is 0 Å². The molecule has 0 spiro atoms. The third-order valence-corrected chi connectivity index (χ3v) is 5.68. The van der Waals surface area contributed by atoms with Gasteiger partial charge < -0.3 is 29.5 Å². The highest BCUT2D eigenvalue weighted by Crippen LogP contribution is 2.34. The van der Waals surface area contributed by atoms with Gasteiger partial charge in [0.15, 0.2) is 17.3 Å². The number of nitrogens with one attached hydrogen (secondary N) is 2. The van der Waals surface area contributed by atoms with Crippen molar-refractivity contribution in [2.75, 3.05) is 20.3 Å². The van der Waals surface area contributed by atoms with Crippen molar-refractivity contribution in [2.24, 2.45) is 5.41 Å². The van der Waals surface area contributed by atoms with Crippen LogP contribution in [0.5, 0.6) is 23.0 Å². The number of ketones is 1. The maximum Gasteiger partial charge on any atom is 0.280 e. The lowest BCUT2D eigenvalue weighted by atomic mass is 9.87. The zero-order chi connectivity index (χ0) is 25.6. The summed E-state index contributed by atoms with van der Waals surface area (Å²) < 4.78 is 17.2. The zero-order valence-corrected chi connectivity index (χ0v) is 21.7. The number of hydroxylamine groups is 1. The number of unbranched alkanes of at least 4 members (excludes halogenated alkanes) is 1. The first-order valence-corrected chi connectivity index (χ1v) is 12.0. The van der Waals surface area contributed by atoms with Crippen LogP contribution in [-0.2, 0) is 4.84 Å². The first-order chi connectivity index (χ1) is 16.6. The number of rotatable bonds is 11. The van der Waals surface area contributed by atoms with Gasteiger partial charge in [0, 0.05) is 12.0 Å². The number of methoxy groups -OCH3 is 1. The van der Waals surface area contributed by atoms with Crippen molar-refractivity contribution >= 4 is 23.2 Å². The summed E-state index contributed by atoms with van der Waals surface area (Å²) in [5.41, 5.74) is 4.48. The SMILES string of the molecule is COc1ccc(C2NOC(=S)N2)cc1OCCCCOc1ccc(C(=O)CC(C)(C)C)c(O)c1C. The second kappa shape index (κ2) is 11.6. The fourth-order valence-electron chi connectivity index (χ4n) is 3.63. The Balaban J connectivity index is 1.48. The van der Waals surface area contributed by atoms with E-state index in [4.69, 9.17) is 31.3 Å². The van der Waals surface area contributed by atoms with Crippen LogP contribution in [0.25, 0.3) is 0 Å². The number of carbonyl (C=O) groups excluding carboxylic acids is 1. The Labute approximate surface area is 211 Å². The van der Waals surface area contributed by atoms with E-state index >= 15 is 0 Å². The van der Waals surface area contributed by atoms with E-state index in [9.17, 15) is 9.90 Å². The highest BCUT2D eigenvalue weighted by Gasteiger charge is 2.23. The Bertz CT molecular complexity index is 1070. The van der Waals surface area contributed by atoms with Gasteiger partial charge in [-0.15, -0.1) is 5.48 Å². The van der Waals surface area contributed by atoms with Crippen LogP contribution >= 0.6 is 12.2 Å². The van der Waals surface area contributed by atoms with Gasteiger partial charge in [0.1, 0.15) is 17.7 Å². The molecule has 190 valence electrons. The lowest BCUT2D eigenvalue weighted by Gasteiger charge is -2.18. The number of ether oxygens (including phenoxy) is 3. The van der Waals surface area contributed by atoms with Gasteiger partial charge in [0.05, 0.1) is 25.9 Å². The molecule has 3 rings (SSSR count). The molecule has 1 atom stereocenters. The molecule has 3 N–H and O–H groups in total. The topological polar surface area (TPSA) is 98.3 Å². The molecule has 1 saturated heterocycles. The van der Waals surface area contributed by atoms with Crippen LogP contribution in [0.15, 0.2) is 30.3 Å². The monoisotopic (exact) mass is 502 g/mol. The van der Waals surface area contributed by atoms with Crippen LogP contribution in [0.3, 0.4) is 0 Å². The fraction of sp³-hybridized carbons (Fsp3) is 0.462. The largest absolute Gasteiger partial charge is 0.507 e. The minimum absolute atomic E-state index is 0.00975. The summed E-state index contributed by atoms with van der Waals surface area (Å²) in [6, 6.07) is 9.01. The highest BCUT2D eigenvalue weighted by molar-refractivity contribution is 7.80. The van der Waals surface area contributed by atoms with E-state index < -0.39 is 0 Å². The summed E-state index contributed by atoms with van der Waals surface area (Å²) in [4.78, 5) is 17.6. The van der Waals surface area contributed by atoms with Crippen LogP contribution in [0.2, 0.25) is 0 Å². The molecule has 0 aliphatic carbocycles. The van der Waals surface area contributed by atoms with E-state index in [1.165, 1.54) is 0 Å². The summed E-state index contributed by atoms with van der Waals surface area (Å²) in [5, 5.41) is 13.8. The first kappa shape index (κ1) is 26.6. The summed E-state index contributed by atoms with van der Waals surface area (Å²) in [6.07, 6.45) is 1.62. The van der Waals surface area contributed by atoms with Crippen molar-refractivity contribution in [3.05, 3.63) is 47.0 Å². The Morgan fingerprint density at radius 2 is 1.74 bits per heavy atom. The molecule has 35 heavy (non-hydrogen) atoms. The molecular formula is C26H34N2O6S. The van der Waals surface area contributed by atoms with Gasteiger partial charge in [-0.2, -0.15) is 0 Å². The van der Waals surface area contributed by atoms with Crippen molar-refractivity contribution in [1.82, 2.24) is 10.8 Å². The van der Waals surface area contributed by atoms with E-state index in [0.717, 1.165) is 18.4 Å². The molecule has 1 unspecified atom stereocenters. The fourth-order valence-corrected chi connectivity index (χ4v) is 3.80. The van der Waals surface area contributed by atoms with E-state index in [1.54, 1.807) is 26.2 Å². The molecule has 1 heterocycles. The van der Waals surface area contributed by atoms with E-state index in [-0.39, 0.29) is 23.1 Å². The van der Waals surface area contributed by atoms with Gasteiger partial charge in [-0.3, -0.25) is 4.79 Å². The van der Waals surface area contributed by atoms with Crippen LogP contribution in [-0.4, -0.2) is 36.4 Å². The number of hydrogen-bond donors (Lipinski definition) is 3. The number of phenolic OH excluding ortho intramolecular Hbond substituents is 1. The van der Waals surface area contributed by atoms with Crippen LogP contribution in [0.1, 0.15) is 67.7 Å². The molecule has 0 saturated carbocycles. The van der Waals surface area contributed by atoms with Gasteiger partial charge in [-0.1, -0.05) is 26.8 Å². The minimum Gasteiger partial charge on any atom is -0.507 e. The number of hydrogen-bond acceptors (Lipinski definition) is 8. The number of phenols is 1. The number of Topliss-reactive ketones (excluding diaryl/α,β-unsaturated/α-hetero) is 1. The second-order valence-electron chi connectivity index (χ2n) is 9.64. The van der Waals surface area contributed by atoms with Gasteiger partial charge in [-0.25, -0.2) is 0 Å². The average Bonchev–Trinajstić information content (AvgIpc) is 3.23. The standard InChI is InChI=1S/C26H34N2O6S/c1-16-20(11-9-18(23(16)30)19(29)15-26(2,3)4)32-12-6-7-13-33-22-14-17(8-10-21(22)31-5)24-27-25(35)34-28-24/h8-11,14,24,28,30H,6-7,12-13,15H2,1-5H3,(H,27,35). The molecule has 0 aromatic heterocycles. The molecule has 9 heteroatoms. The number of carbonyl (C=O) groups is 1. The molecule has 1 aliphatic heterocycles. The lowest BCUT2D eigenvalue weighted by molar-refractivity contribution is 0.0937. The van der Waals surface area contributed by atoms with Gasteiger partial charge in [0.25, 0.3) is 5.17 Å². The molecule has 2 aromatic carbocycles. The third kappa shape index (κ3) is 7.22. The van der Waals surface area contributed by atoms with Crippen molar-refractivity contribution in [3.63, 3.8) is 0 Å². The Kier molecular flexibility index (Phi) is 8.80. The maximum atomic E-state index is 12.5. The summed E-state index contributed by atoms with van der Waals surface area (Å²) in [5.74, 6) is 1.75. The number of aromatic hydroxyl groups is 1. The predicted octanol–water partition coefficient (Wildman–Crippen LogP) is 4.97. The van der Waals surface area contributed by atoms with Gasteiger partial charge in [-0.05, 0) is 67.2 Å². The van der Waals surface area contributed by atoms with Crippen LogP contribution in [0.4, 0.5) is 0 Å². The van der Waals surface area contributed by atoms with Crippen molar-refractivity contribution < 1.29 is 28.9 Å². The van der Waals surface area contributed by atoms with E-state index in [1.807, 2.05) is 39.0 Å². The molecule has 1 aliphatic rings. The maximum absolute atomic E-state index is 12.5. The first-order valence-electron chi connectivity index (χ1n) is 11.6. The smallest absolute Gasteiger partial charge is 0.280 e. The molecule has 0 amide bonds. The minimum atomic E-state index is -0.251. The van der Waals surface area contributed by atoms with Crippen molar-refractivity contribution in [3.8, 4) is 23.0 Å². The summed E-state index contributed by atoms with van der Waals surface area (Å²) in [7, 11) is 1.60. The molecule has 0 radical (unpaired) electrons. The average molecular weight is 503 g/mol. The Hall–Kier alpha value is -3.04. The highest BCUT2D eigenvalue weighted by atomic mass is 32.1. The normalized spacial score (nSPS) is 15.3. The third-order valence-electron chi connectivity index (χ3n) is 5.48. The van der Waals surface area contributed by atoms with Gasteiger partial charge >= 0.3 is 0 Å². The zero-order valence-electron chi connectivity index (χ0n) is 20.9. The van der Waals surface area contributed by atoms with Crippen molar-refractivity contribution in [2.45, 2.75) is 53.1 Å². The molecule has 8 nitrogen and oxygen atoms in total. The van der Waals surface area contributed by atoms with E-state index in [0.29, 0.717) is 53.2 Å². The lowest BCUT2D eigenvalue weighted by Crippen LogP contribution is -2.22. The van der Waals surface area contributed by atoms with Crippen molar-refractivity contribution in [1.29, 1.82) is 0 Å². The number of thiocarbonyl (C=S) groups is 1. The second-order valence-corrected chi connectivity index (χ2v) is 10.0. The predicted molar refractivity (Wildman–Crippen MR) is 137 cm³/mol. The quantitative estimate of drug-likeness (QED) is 0.223. The molecule has 1 fully saturated rings. The van der Waals surface area contributed by atoms with Crippen LogP contribution < -0.4 is 25.0 Å². The molecule has 0 bridgehead atoms. The number of benzene rings is 2. The Morgan fingerprint density at radius 3 is 2.34 bits per heavy atom. The summed E-state index contributed by atoms with van der Waals surface area (Å²) in [6.45, 7) is 8.69. The molecule has 2 aromatic rings. The molecular weight excluding hydrogens is 468 g/mol.